The number of hydrogen-bond donors (Lipinski definition) is 0. The summed E-state index contributed by atoms with van der Waals surface area (Å²) in [7, 11) is 1.67. The maximum Gasteiger partial charge on any atom is 0.247 e. The van der Waals surface area contributed by atoms with Crippen LogP contribution in [0.3, 0.4) is 0 Å². The topological polar surface area (TPSA) is 29.5 Å². The van der Waals surface area contributed by atoms with Gasteiger partial charge in [0.2, 0.25) is 5.91 Å². The van der Waals surface area contributed by atoms with Gasteiger partial charge in [0.05, 0.1) is 7.11 Å². The Kier molecular flexibility index (Phi) is 6.55. The summed E-state index contributed by atoms with van der Waals surface area (Å²) in [5.74, 6) is 1.05. The van der Waals surface area contributed by atoms with Gasteiger partial charge < -0.3 is 9.64 Å². The first kappa shape index (κ1) is 18.0. The minimum Gasteiger partial charge on any atom is -0.497 e. The lowest BCUT2D eigenvalue weighted by Crippen LogP contribution is -2.48. The molecule has 3 nitrogen and oxygen atoms in total. The highest BCUT2D eigenvalue weighted by Crippen LogP contribution is 2.30. The van der Waals surface area contributed by atoms with Crippen molar-refractivity contribution in [3.05, 3.63) is 35.9 Å². The molecule has 2 aliphatic rings. The van der Waals surface area contributed by atoms with Crippen LogP contribution in [0, 0.1) is 0 Å². The van der Waals surface area contributed by atoms with E-state index in [-0.39, 0.29) is 5.91 Å². The SMILES string of the molecule is COc1ccc(C=CC(=O)N(C2CCCCC2)C2CCCCC2)cc1. The molecule has 2 aliphatic carbocycles. The van der Waals surface area contributed by atoms with E-state index in [9.17, 15) is 4.79 Å². The summed E-state index contributed by atoms with van der Waals surface area (Å²) in [5, 5.41) is 0. The van der Waals surface area contributed by atoms with Crippen LogP contribution in [-0.4, -0.2) is 30.0 Å². The van der Waals surface area contributed by atoms with E-state index in [1.165, 1.54) is 64.2 Å². The molecule has 136 valence electrons. The molecule has 0 aromatic heterocycles. The highest BCUT2D eigenvalue weighted by molar-refractivity contribution is 5.92. The Labute approximate surface area is 152 Å². The number of nitrogens with zero attached hydrogens (tertiary/aromatic N) is 1. The number of benzene rings is 1. The van der Waals surface area contributed by atoms with E-state index < -0.39 is 0 Å². The van der Waals surface area contributed by atoms with E-state index in [4.69, 9.17) is 4.74 Å². The highest BCUT2D eigenvalue weighted by Gasteiger charge is 2.31. The van der Waals surface area contributed by atoms with Crippen LogP contribution in [0.1, 0.15) is 69.8 Å². The van der Waals surface area contributed by atoms with Crippen LogP contribution in [-0.2, 0) is 4.79 Å². The van der Waals surface area contributed by atoms with Gasteiger partial charge in [-0.15, -0.1) is 0 Å². The molecule has 0 unspecified atom stereocenters. The normalized spacial score (nSPS) is 19.9. The van der Waals surface area contributed by atoms with Gasteiger partial charge in [0, 0.05) is 18.2 Å². The van der Waals surface area contributed by atoms with E-state index in [2.05, 4.69) is 4.90 Å². The average molecular weight is 341 g/mol. The molecule has 0 N–H and O–H groups in total. The lowest BCUT2D eigenvalue weighted by Gasteiger charge is -2.41. The Morgan fingerprint density at radius 1 is 0.920 bits per heavy atom. The molecular weight excluding hydrogens is 310 g/mol. The van der Waals surface area contributed by atoms with Crippen LogP contribution in [0.15, 0.2) is 30.3 Å². The van der Waals surface area contributed by atoms with Gasteiger partial charge in [0.15, 0.2) is 0 Å². The minimum atomic E-state index is 0.203. The molecule has 3 heteroatoms. The Morgan fingerprint density at radius 2 is 1.44 bits per heavy atom. The molecule has 2 saturated carbocycles. The van der Waals surface area contributed by atoms with E-state index in [0.717, 1.165) is 11.3 Å². The summed E-state index contributed by atoms with van der Waals surface area (Å²) in [6.07, 6.45) is 16.2. The third-order valence-corrected chi connectivity index (χ3v) is 5.72. The zero-order valence-corrected chi connectivity index (χ0v) is 15.5. The van der Waals surface area contributed by atoms with Crippen molar-refractivity contribution < 1.29 is 9.53 Å². The smallest absolute Gasteiger partial charge is 0.247 e. The van der Waals surface area contributed by atoms with E-state index in [1.54, 1.807) is 13.2 Å². The predicted octanol–water partition coefficient (Wildman–Crippen LogP) is 5.20. The number of ether oxygens (including phenoxy) is 1. The Balaban J connectivity index is 1.71. The first-order valence-electron chi connectivity index (χ1n) is 9.92. The maximum absolute atomic E-state index is 13.1. The van der Waals surface area contributed by atoms with Gasteiger partial charge in [-0.3, -0.25) is 4.79 Å². The summed E-state index contributed by atoms with van der Waals surface area (Å²) < 4.78 is 5.19. The molecule has 1 aromatic carbocycles. The van der Waals surface area contributed by atoms with Crippen molar-refractivity contribution >= 4 is 12.0 Å². The second-order valence-corrected chi connectivity index (χ2v) is 7.44. The lowest BCUT2D eigenvalue weighted by molar-refractivity contribution is -0.132. The fraction of sp³-hybridized carbons (Fsp3) is 0.591. The molecule has 0 saturated heterocycles. The van der Waals surface area contributed by atoms with Crippen LogP contribution >= 0.6 is 0 Å². The summed E-state index contributed by atoms with van der Waals surface area (Å²) >= 11 is 0. The van der Waals surface area contributed by atoms with E-state index >= 15 is 0 Å². The van der Waals surface area contributed by atoms with Crippen molar-refractivity contribution in [1.82, 2.24) is 4.90 Å². The zero-order valence-electron chi connectivity index (χ0n) is 15.5. The van der Waals surface area contributed by atoms with E-state index in [1.807, 2.05) is 30.3 Å². The second-order valence-electron chi connectivity index (χ2n) is 7.44. The molecule has 0 heterocycles. The second kappa shape index (κ2) is 9.07. The van der Waals surface area contributed by atoms with Gasteiger partial charge in [-0.1, -0.05) is 50.7 Å². The monoisotopic (exact) mass is 341 g/mol. The van der Waals surface area contributed by atoms with Crippen LogP contribution in [0.25, 0.3) is 6.08 Å². The molecule has 0 radical (unpaired) electrons. The lowest BCUT2D eigenvalue weighted by atomic mass is 9.88. The number of hydrogen-bond acceptors (Lipinski definition) is 2. The molecular formula is C22H31NO2. The van der Waals surface area contributed by atoms with E-state index in [0.29, 0.717) is 12.1 Å². The Morgan fingerprint density at radius 3 is 1.92 bits per heavy atom. The molecule has 25 heavy (non-hydrogen) atoms. The van der Waals surface area contributed by atoms with Crippen molar-refractivity contribution in [1.29, 1.82) is 0 Å². The van der Waals surface area contributed by atoms with Crippen LogP contribution in [0.2, 0.25) is 0 Å². The standard InChI is InChI=1S/C22H31NO2/c1-25-21-15-12-18(13-16-21)14-17-22(24)23(19-8-4-2-5-9-19)20-10-6-3-7-11-20/h12-17,19-20H,2-11H2,1H3. The number of rotatable bonds is 5. The summed E-state index contributed by atoms with van der Waals surface area (Å²) in [6, 6.07) is 8.76. The number of carbonyl (C=O) groups is 1. The minimum absolute atomic E-state index is 0.203. The number of amides is 1. The number of carbonyl (C=O) groups excluding carboxylic acids is 1. The van der Waals surface area contributed by atoms with Gasteiger partial charge in [-0.25, -0.2) is 0 Å². The first-order chi connectivity index (χ1) is 12.3. The molecule has 0 bridgehead atoms. The fourth-order valence-electron chi connectivity index (χ4n) is 4.35. The highest BCUT2D eigenvalue weighted by atomic mass is 16.5. The van der Waals surface area contributed by atoms with Crippen molar-refractivity contribution in [2.75, 3.05) is 7.11 Å². The van der Waals surface area contributed by atoms with Crippen molar-refractivity contribution in [2.24, 2.45) is 0 Å². The third-order valence-electron chi connectivity index (χ3n) is 5.72. The summed E-state index contributed by atoms with van der Waals surface area (Å²) in [5.41, 5.74) is 1.04. The Hall–Kier alpha value is -1.77. The van der Waals surface area contributed by atoms with Gasteiger partial charge in [-0.2, -0.15) is 0 Å². The summed E-state index contributed by atoms with van der Waals surface area (Å²) in [6.45, 7) is 0. The van der Waals surface area contributed by atoms with Crippen LogP contribution < -0.4 is 4.74 Å². The molecule has 0 atom stereocenters. The quantitative estimate of drug-likeness (QED) is 0.689. The largest absolute Gasteiger partial charge is 0.497 e. The molecule has 2 fully saturated rings. The van der Waals surface area contributed by atoms with Crippen molar-refractivity contribution in [2.45, 2.75) is 76.3 Å². The number of methoxy groups -OCH3 is 1. The molecule has 0 aliphatic heterocycles. The Bertz CT molecular complexity index is 548. The molecule has 0 spiro atoms. The molecule has 1 amide bonds. The van der Waals surface area contributed by atoms with Crippen molar-refractivity contribution in [3.8, 4) is 5.75 Å². The average Bonchev–Trinajstić information content (AvgIpc) is 2.69. The van der Waals surface area contributed by atoms with Crippen LogP contribution in [0.5, 0.6) is 5.75 Å². The van der Waals surface area contributed by atoms with Gasteiger partial charge in [0.1, 0.15) is 5.75 Å². The molecule has 3 rings (SSSR count). The predicted molar refractivity (Wildman–Crippen MR) is 103 cm³/mol. The fourth-order valence-corrected chi connectivity index (χ4v) is 4.35. The first-order valence-corrected chi connectivity index (χ1v) is 9.92. The van der Waals surface area contributed by atoms with Gasteiger partial charge in [0.25, 0.3) is 0 Å². The van der Waals surface area contributed by atoms with Gasteiger partial charge >= 0.3 is 0 Å². The summed E-state index contributed by atoms with van der Waals surface area (Å²) in [4.78, 5) is 15.3. The molecule has 1 aromatic rings. The maximum atomic E-state index is 13.1. The van der Waals surface area contributed by atoms with Crippen LogP contribution in [0.4, 0.5) is 0 Å². The van der Waals surface area contributed by atoms with Gasteiger partial charge in [-0.05, 0) is 49.5 Å². The third kappa shape index (κ3) is 4.87. The zero-order chi connectivity index (χ0) is 17.5. The van der Waals surface area contributed by atoms with Crippen molar-refractivity contribution in [3.63, 3.8) is 0 Å².